The molecule has 2 heterocycles. The lowest BCUT2D eigenvalue weighted by Gasteiger charge is -2.37. The van der Waals surface area contributed by atoms with E-state index in [-0.39, 0.29) is 18.4 Å². The van der Waals surface area contributed by atoms with E-state index in [1.807, 2.05) is 4.90 Å². The van der Waals surface area contributed by atoms with Crippen molar-refractivity contribution in [2.45, 2.75) is 31.5 Å². The summed E-state index contributed by atoms with van der Waals surface area (Å²) in [4.78, 5) is 1.82. The van der Waals surface area contributed by atoms with Gasteiger partial charge in [0.2, 0.25) is 5.89 Å². The van der Waals surface area contributed by atoms with Gasteiger partial charge in [0.15, 0.2) is 0 Å². The maximum Gasteiger partial charge on any atom is 0.416 e. The summed E-state index contributed by atoms with van der Waals surface area (Å²) in [6.07, 6.45) is -3.85. The Morgan fingerprint density at radius 3 is 2.48 bits per heavy atom. The molecule has 0 atom stereocenters. The first kappa shape index (κ1) is 15.8. The highest BCUT2D eigenvalue weighted by atomic mass is 19.4. The number of anilines is 1. The predicted octanol–water partition coefficient (Wildman–Crippen LogP) is 2.88. The monoisotopic (exact) mass is 327 g/mol. The van der Waals surface area contributed by atoms with Crippen LogP contribution in [0.1, 0.15) is 29.9 Å². The number of nitrogens with zero attached hydrogens (tertiary/aromatic N) is 3. The van der Waals surface area contributed by atoms with Gasteiger partial charge in [-0.1, -0.05) is 17.2 Å². The zero-order valence-electron chi connectivity index (χ0n) is 12.5. The number of hydrogen-bond acceptors (Lipinski definition) is 5. The second-order valence-corrected chi connectivity index (χ2v) is 5.70. The lowest BCUT2D eigenvalue weighted by molar-refractivity contribution is -0.137. The molecule has 3 rings (SSSR count). The molecule has 0 aliphatic carbocycles. The Kier molecular flexibility index (Phi) is 3.79. The van der Waals surface area contributed by atoms with Gasteiger partial charge in [-0.15, -0.1) is 5.10 Å². The fourth-order valence-electron chi connectivity index (χ4n) is 2.76. The van der Waals surface area contributed by atoms with Crippen LogP contribution in [0.3, 0.4) is 0 Å². The van der Waals surface area contributed by atoms with Gasteiger partial charge < -0.3 is 14.4 Å². The van der Waals surface area contributed by atoms with E-state index in [0.717, 1.165) is 12.1 Å². The highest BCUT2D eigenvalue weighted by molar-refractivity contribution is 5.33. The number of aryl methyl sites for hydroxylation is 1. The molecule has 1 aliphatic rings. The molecule has 2 aromatic rings. The molecule has 0 spiro atoms. The summed E-state index contributed by atoms with van der Waals surface area (Å²) in [6.45, 7) is 2.53. The number of aromatic nitrogens is 2. The zero-order valence-corrected chi connectivity index (χ0v) is 12.5. The third-order valence-electron chi connectivity index (χ3n) is 4.10. The lowest BCUT2D eigenvalue weighted by atomic mass is 9.84. The van der Waals surface area contributed by atoms with Crippen molar-refractivity contribution in [3.05, 3.63) is 41.3 Å². The van der Waals surface area contributed by atoms with Crippen LogP contribution < -0.4 is 4.90 Å². The lowest BCUT2D eigenvalue weighted by Crippen LogP contribution is -2.42. The number of rotatable bonds is 2. The standard InChI is InChI=1S/C15H16F3N3O2/c1-10-19-20-13(23-10)21-7-5-14(22,6-8-21)11-3-2-4-12(9-11)15(16,17)18/h2-4,9,22H,5-8H2,1H3. The minimum atomic E-state index is -4.42. The van der Waals surface area contributed by atoms with E-state index >= 15 is 0 Å². The quantitative estimate of drug-likeness (QED) is 0.919. The number of aliphatic hydroxyl groups is 1. The van der Waals surface area contributed by atoms with Gasteiger partial charge in [-0.2, -0.15) is 13.2 Å². The predicted molar refractivity (Wildman–Crippen MR) is 75.8 cm³/mol. The molecule has 5 nitrogen and oxygen atoms in total. The van der Waals surface area contributed by atoms with Gasteiger partial charge >= 0.3 is 12.2 Å². The van der Waals surface area contributed by atoms with Crippen LogP contribution in [0.15, 0.2) is 28.7 Å². The third kappa shape index (κ3) is 3.17. The van der Waals surface area contributed by atoms with Crippen LogP contribution in [-0.2, 0) is 11.8 Å². The van der Waals surface area contributed by atoms with Crippen LogP contribution in [0.4, 0.5) is 19.2 Å². The van der Waals surface area contributed by atoms with E-state index in [9.17, 15) is 18.3 Å². The minimum Gasteiger partial charge on any atom is -0.408 e. The smallest absolute Gasteiger partial charge is 0.408 e. The average Bonchev–Trinajstić information content (AvgIpc) is 2.94. The molecule has 8 heteroatoms. The number of piperidine rings is 1. The molecule has 1 fully saturated rings. The normalized spacial score (nSPS) is 18.2. The molecule has 1 aromatic carbocycles. The van der Waals surface area contributed by atoms with E-state index in [4.69, 9.17) is 4.42 Å². The molecular weight excluding hydrogens is 311 g/mol. The van der Waals surface area contributed by atoms with E-state index in [1.165, 1.54) is 12.1 Å². The first-order valence-corrected chi connectivity index (χ1v) is 7.23. The molecule has 23 heavy (non-hydrogen) atoms. The molecule has 0 bridgehead atoms. The molecular formula is C15H16F3N3O2. The van der Waals surface area contributed by atoms with Crippen molar-refractivity contribution < 1.29 is 22.7 Å². The van der Waals surface area contributed by atoms with Crippen molar-refractivity contribution in [1.29, 1.82) is 0 Å². The van der Waals surface area contributed by atoms with Crippen molar-refractivity contribution in [2.24, 2.45) is 0 Å². The van der Waals surface area contributed by atoms with Gasteiger partial charge in [0.05, 0.1) is 11.2 Å². The van der Waals surface area contributed by atoms with E-state index < -0.39 is 17.3 Å². The summed E-state index contributed by atoms with van der Waals surface area (Å²) < 4.78 is 43.8. The summed E-state index contributed by atoms with van der Waals surface area (Å²) in [6, 6.07) is 5.25. The van der Waals surface area contributed by atoms with Gasteiger partial charge in [0, 0.05) is 20.0 Å². The molecule has 0 unspecified atom stereocenters. The van der Waals surface area contributed by atoms with Crippen LogP contribution in [0.25, 0.3) is 0 Å². The van der Waals surface area contributed by atoms with Crippen molar-refractivity contribution in [3.63, 3.8) is 0 Å². The second kappa shape index (κ2) is 5.52. The van der Waals surface area contributed by atoms with Crippen LogP contribution in [0.5, 0.6) is 0 Å². The summed E-state index contributed by atoms with van der Waals surface area (Å²) >= 11 is 0. The zero-order chi connectivity index (χ0) is 16.7. The Labute approximate surface area is 130 Å². The SMILES string of the molecule is Cc1nnc(N2CCC(O)(c3cccc(C(F)(F)F)c3)CC2)o1. The van der Waals surface area contributed by atoms with Crippen molar-refractivity contribution in [2.75, 3.05) is 18.0 Å². The molecule has 0 amide bonds. The fourth-order valence-corrected chi connectivity index (χ4v) is 2.76. The topological polar surface area (TPSA) is 62.4 Å². The van der Waals surface area contributed by atoms with Crippen LogP contribution >= 0.6 is 0 Å². The Bertz CT molecular complexity index is 691. The van der Waals surface area contributed by atoms with E-state index in [0.29, 0.717) is 25.0 Å². The molecule has 1 saturated heterocycles. The summed E-state index contributed by atoms with van der Waals surface area (Å²) in [5.74, 6) is 0.443. The van der Waals surface area contributed by atoms with Gasteiger partial charge in [-0.25, -0.2) is 0 Å². The number of alkyl halides is 3. The summed E-state index contributed by atoms with van der Waals surface area (Å²) in [7, 11) is 0. The number of halogens is 3. The van der Waals surface area contributed by atoms with Crippen LogP contribution in [0.2, 0.25) is 0 Å². The van der Waals surface area contributed by atoms with Crippen molar-refractivity contribution in [3.8, 4) is 0 Å². The van der Waals surface area contributed by atoms with Crippen molar-refractivity contribution in [1.82, 2.24) is 10.2 Å². The minimum absolute atomic E-state index is 0.286. The van der Waals surface area contributed by atoms with Gasteiger partial charge in [0.25, 0.3) is 0 Å². The molecule has 1 aromatic heterocycles. The van der Waals surface area contributed by atoms with Crippen molar-refractivity contribution >= 4 is 6.01 Å². The van der Waals surface area contributed by atoms with Gasteiger partial charge in [0.1, 0.15) is 0 Å². The first-order valence-electron chi connectivity index (χ1n) is 7.23. The molecule has 1 N–H and O–H groups in total. The molecule has 0 radical (unpaired) electrons. The molecule has 1 aliphatic heterocycles. The Morgan fingerprint density at radius 2 is 1.91 bits per heavy atom. The van der Waals surface area contributed by atoms with Crippen LogP contribution in [0, 0.1) is 6.92 Å². The largest absolute Gasteiger partial charge is 0.416 e. The maximum atomic E-state index is 12.8. The number of benzene rings is 1. The Balaban J connectivity index is 1.77. The van der Waals surface area contributed by atoms with E-state index in [1.54, 1.807) is 6.92 Å². The first-order chi connectivity index (χ1) is 10.8. The highest BCUT2D eigenvalue weighted by Crippen LogP contribution is 2.37. The molecule has 124 valence electrons. The molecule has 0 saturated carbocycles. The fraction of sp³-hybridized carbons (Fsp3) is 0.467. The Hall–Kier alpha value is -2.09. The summed E-state index contributed by atoms with van der Waals surface area (Å²) in [5, 5.41) is 18.4. The maximum absolute atomic E-state index is 12.8. The van der Waals surface area contributed by atoms with Gasteiger partial charge in [-0.3, -0.25) is 0 Å². The third-order valence-corrected chi connectivity index (χ3v) is 4.10. The van der Waals surface area contributed by atoms with Gasteiger partial charge in [-0.05, 0) is 30.5 Å². The van der Waals surface area contributed by atoms with E-state index in [2.05, 4.69) is 10.2 Å². The summed E-state index contributed by atoms with van der Waals surface area (Å²) in [5.41, 5.74) is -1.75. The number of hydrogen-bond donors (Lipinski definition) is 1. The Morgan fingerprint density at radius 1 is 1.22 bits per heavy atom. The second-order valence-electron chi connectivity index (χ2n) is 5.70. The highest BCUT2D eigenvalue weighted by Gasteiger charge is 2.37. The average molecular weight is 327 g/mol. The van der Waals surface area contributed by atoms with Crippen LogP contribution in [-0.4, -0.2) is 28.4 Å².